The van der Waals surface area contributed by atoms with Crippen molar-refractivity contribution in [2.75, 3.05) is 0 Å². The standard InChI is InChI=1S/C24H12N6.4C16H16N2.4F6P.2Ru/c1-5-13-17(25-9-1)18-14(6-2-10-26-18)22-21(13)29-23-15-7-3-11-27-19(15)20-16(24(23)30-22)8-4-12-28-20;4*1-9-7-17-15-13(11(9)3)5-6-14-12(4)10(2)8-18-16(14)15;4*1-7(2,3,4,5)6;;/h1-12H;4*5-8H,1-4H3;;;;;;/q;;;;;4*-1;2*+2. The van der Waals surface area contributed by atoms with Crippen molar-refractivity contribution in [3.05, 3.63) is 260 Å². The van der Waals surface area contributed by atoms with E-state index in [0.29, 0.717) is 0 Å². The van der Waals surface area contributed by atoms with Gasteiger partial charge < -0.3 is 0 Å². The third kappa shape index (κ3) is 27.7. The maximum atomic E-state index is 9.87. The summed E-state index contributed by atoms with van der Waals surface area (Å²) in [6.45, 7) is 33.9. The Morgan fingerprint density at radius 1 is 0.152 bits per heavy atom. The molecule has 13 heterocycles. The van der Waals surface area contributed by atoms with Crippen LogP contribution in [-0.2, 0) is 39.0 Å². The predicted octanol–water partition coefficient (Wildman–Crippen LogP) is 34.6. The number of aryl methyl sites for hydroxylation is 16. The normalized spacial score (nSPS) is 13.8. The first-order chi connectivity index (χ1) is 59.1. The number of rotatable bonds is 0. The zero-order chi connectivity index (χ0) is 96.7. The van der Waals surface area contributed by atoms with Crippen LogP contribution >= 0.6 is 31.2 Å². The SMILES string of the molecule is Cc1cnc2c(ccc3c(C)c(C)cnc32)c1C.Cc1cnc2c(ccc3c(C)c(C)cnc32)c1C.Cc1cnc2c(ccc3c(C)c(C)cnc32)c1C.Cc1cnc2c(ccc3c(C)c(C)cnc32)c1C.F[P-](F)(F)(F)(F)F.F[P-](F)(F)(F)(F)F.F[P-](F)(F)(F)(F)F.F[P-](F)(F)(F)(F)F.[Ru+2].[Ru+2].c1cnc2c(c1)c1nc3c4cccnc4c4ncccc4c3nc1c1cccnc12. The Morgan fingerprint density at radius 3 is 0.371 bits per heavy atom. The molecule has 0 atom stereocenters. The average molecular weight is 2110 g/mol. The van der Waals surface area contributed by atoms with Crippen molar-refractivity contribution < 1.29 is 140 Å². The topological polar surface area (TPSA) is 180 Å². The summed E-state index contributed by atoms with van der Waals surface area (Å²) in [5, 5.41) is 13.4. The van der Waals surface area contributed by atoms with Crippen LogP contribution in [0.25, 0.3) is 153 Å². The van der Waals surface area contributed by atoms with Crippen molar-refractivity contribution >= 4 is 184 Å². The summed E-state index contributed by atoms with van der Waals surface area (Å²) in [5.74, 6) is 0. The van der Waals surface area contributed by atoms with Crippen LogP contribution < -0.4 is 0 Å². The molecule has 0 aliphatic rings. The number of hydrogen-bond acceptors (Lipinski definition) is 14. The Kier molecular flexibility index (Phi) is 27.2. The van der Waals surface area contributed by atoms with Crippen LogP contribution in [0.5, 0.6) is 0 Å². The van der Waals surface area contributed by atoms with Gasteiger partial charge in [-0.1, -0.05) is 48.5 Å². The molecule has 6 aromatic carbocycles. The van der Waals surface area contributed by atoms with Crippen molar-refractivity contribution in [1.82, 2.24) is 69.8 Å². The van der Waals surface area contributed by atoms with Gasteiger partial charge >= 0.3 is 171 Å². The molecule has 0 aliphatic heterocycles. The summed E-state index contributed by atoms with van der Waals surface area (Å²) in [6, 6.07) is 33.2. The van der Waals surface area contributed by atoms with Crippen LogP contribution in [0.4, 0.5) is 101 Å². The first-order valence-electron chi connectivity index (χ1n) is 38.5. The summed E-state index contributed by atoms with van der Waals surface area (Å²) in [5.41, 5.74) is 34.9. The molecule has 14 nitrogen and oxygen atoms in total. The number of hydrogen-bond donors (Lipinski definition) is 0. The molecule has 132 heavy (non-hydrogen) atoms. The number of benzene rings is 6. The number of aromatic nitrogens is 14. The summed E-state index contributed by atoms with van der Waals surface area (Å²) in [7, 11) is -42.6. The van der Waals surface area contributed by atoms with E-state index in [-0.39, 0.29) is 39.0 Å². The zero-order valence-electron chi connectivity index (χ0n) is 72.0. The quantitative estimate of drug-likeness (QED) is 0.0460. The molecule has 0 fully saturated rings. The van der Waals surface area contributed by atoms with Crippen LogP contribution in [0.3, 0.4) is 0 Å². The van der Waals surface area contributed by atoms with Gasteiger partial charge in [0.2, 0.25) is 0 Å². The van der Waals surface area contributed by atoms with Gasteiger partial charge in [-0.25, -0.2) is 9.97 Å². The summed E-state index contributed by atoms with van der Waals surface area (Å²) in [4.78, 5) is 65.3. The van der Waals surface area contributed by atoms with E-state index in [1.807, 2.05) is 98.1 Å². The minimum Gasteiger partial charge on any atom is -0.254 e. The van der Waals surface area contributed by atoms with Crippen LogP contribution in [-0.4, -0.2) is 69.8 Å². The van der Waals surface area contributed by atoms with Crippen LogP contribution in [0.15, 0.2) is 171 Å². The molecule has 0 aliphatic carbocycles. The van der Waals surface area contributed by atoms with E-state index in [1.165, 1.54) is 132 Å². The first-order valence-corrected chi connectivity index (χ1v) is 46.6. The number of pyridine rings is 12. The van der Waals surface area contributed by atoms with Gasteiger partial charge in [0.15, 0.2) is 0 Å². The Balaban J connectivity index is 0.000000175. The minimum atomic E-state index is -10.7. The van der Waals surface area contributed by atoms with Gasteiger partial charge in [-0.3, -0.25) is 59.8 Å². The molecule has 13 aromatic heterocycles. The zero-order valence-corrected chi connectivity index (χ0v) is 79.0. The molecule has 0 saturated carbocycles. The molecule has 0 saturated heterocycles. The Morgan fingerprint density at radius 2 is 0.258 bits per heavy atom. The van der Waals surface area contributed by atoms with E-state index in [1.54, 1.807) is 24.8 Å². The Hall–Kier alpha value is -10.9. The second-order valence-corrected chi connectivity index (χ2v) is 38.7. The molecule has 19 rings (SSSR count). The minimum absolute atomic E-state index is 0. The summed E-state index contributed by atoms with van der Waals surface area (Å²) >= 11 is 0. The Bertz CT molecular complexity index is 6650. The van der Waals surface area contributed by atoms with Crippen LogP contribution in [0.2, 0.25) is 0 Å². The second-order valence-electron chi connectivity index (χ2n) is 31.0. The fourth-order valence-electron chi connectivity index (χ4n) is 13.9. The fraction of sp³-hybridized carbons (Fsp3) is 0.182. The maximum Gasteiger partial charge on any atom is 2.00 e. The summed E-state index contributed by atoms with van der Waals surface area (Å²) < 4.78 is 237. The third-order valence-electron chi connectivity index (χ3n) is 21.3. The van der Waals surface area contributed by atoms with Crippen molar-refractivity contribution in [1.29, 1.82) is 0 Å². The first kappa shape index (κ1) is 105. The van der Waals surface area contributed by atoms with Gasteiger partial charge in [0.25, 0.3) is 0 Å². The smallest absolute Gasteiger partial charge is 0.254 e. The van der Waals surface area contributed by atoms with Crippen molar-refractivity contribution in [3.63, 3.8) is 0 Å². The largest absolute Gasteiger partial charge is 2.00 e. The van der Waals surface area contributed by atoms with Gasteiger partial charge in [-0.15, -0.1) is 0 Å². The van der Waals surface area contributed by atoms with Gasteiger partial charge in [-0.2, -0.15) is 0 Å². The Labute approximate surface area is 760 Å². The van der Waals surface area contributed by atoms with Crippen molar-refractivity contribution in [3.8, 4) is 0 Å². The molecule has 0 bridgehead atoms. The molecular formula is C88H76F24N14P4Ru2. The summed E-state index contributed by atoms with van der Waals surface area (Å²) in [6.07, 6.45) is 22.7. The molecule has 0 radical (unpaired) electrons. The molecule has 44 heteroatoms. The molecular weight excluding hydrogens is 2040 g/mol. The number of nitrogens with zero attached hydrogens (tertiary/aromatic N) is 14. The molecule has 19 aromatic rings. The molecule has 0 unspecified atom stereocenters. The van der Waals surface area contributed by atoms with E-state index in [0.717, 1.165) is 110 Å². The fourth-order valence-corrected chi connectivity index (χ4v) is 13.9. The van der Waals surface area contributed by atoms with E-state index < -0.39 is 31.2 Å². The third-order valence-corrected chi connectivity index (χ3v) is 21.3. The van der Waals surface area contributed by atoms with Crippen LogP contribution in [0.1, 0.15) is 89.0 Å². The van der Waals surface area contributed by atoms with Crippen molar-refractivity contribution in [2.45, 2.75) is 111 Å². The molecule has 0 spiro atoms. The van der Waals surface area contributed by atoms with Gasteiger partial charge in [0, 0.05) is 139 Å². The van der Waals surface area contributed by atoms with Gasteiger partial charge in [0.05, 0.1) is 88.3 Å². The predicted molar refractivity (Wildman–Crippen MR) is 476 cm³/mol. The molecule has 0 N–H and O–H groups in total. The monoisotopic (exact) mass is 2110 g/mol. The van der Waals surface area contributed by atoms with Gasteiger partial charge in [-0.05, 0) is 248 Å². The number of halogens is 24. The van der Waals surface area contributed by atoms with E-state index >= 15 is 0 Å². The average Bonchev–Trinajstić information content (AvgIpc) is 0.713. The van der Waals surface area contributed by atoms with Gasteiger partial charge in [0.1, 0.15) is 0 Å². The van der Waals surface area contributed by atoms with E-state index in [2.05, 4.69) is 219 Å². The maximum absolute atomic E-state index is 10.7. The second kappa shape index (κ2) is 34.2. The van der Waals surface area contributed by atoms with Crippen molar-refractivity contribution in [2.24, 2.45) is 0 Å². The number of fused-ring (bicyclic) bond motifs is 24. The van der Waals surface area contributed by atoms with Crippen LogP contribution in [0, 0.1) is 111 Å². The molecule has 702 valence electrons. The van der Waals surface area contributed by atoms with E-state index in [9.17, 15) is 101 Å². The molecule has 0 amide bonds. The van der Waals surface area contributed by atoms with E-state index in [4.69, 9.17) is 9.97 Å².